The second kappa shape index (κ2) is 5.28. The van der Waals surface area contributed by atoms with E-state index in [2.05, 4.69) is 27.0 Å². The van der Waals surface area contributed by atoms with Gasteiger partial charge < -0.3 is 4.90 Å². The molecule has 0 N–H and O–H groups in total. The average molecular weight is 294 g/mol. The molecule has 0 bridgehead atoms. The predicted octanol–water partition coefficient (Wildman–Crippen LogP) is 2.22. The summed E-state index contributed by atoms with van der Waals surface area (Å²) in [5.74, 6) is -0.0773. The molecule has 1 atom stereocenters. The Balaban J connectivity index is 2.12. The predicted molar refractivity (Wildman–Crippen MR) is 66.2 cm³/mol. The third-order valence-corrected chi connectivity index (χ3v) is 3.28. The van der Waals surface area contributed by atoms with Crippen LogP contribution in [0.15, 0.2) is 22.9 Å². The lowest BCUT2D eigenvalue weighted by Gasteiger charge is -2.29. The minimum absolute atomic E-state index is 0.0344. The van der Waals surface area contributed by atoms with Gasteiger partial charge in [0.1, 0.15) is 0 Å². The van der Waals surface area contributed by atoms with Crippen LogP contribution in [-0.2, 0) is 0 Å². The molecule has 0 spiro atoms. The SMILES string of the molecule is N#CC1CCCN(C(=O)c2cncc(Br)c2)C1. The first-order chi connectivity index (χ1) is 8.20. The Labute approximate surface area is 108 Å². The normalized spacial score (nSPS) is 19.8. The minimum Gasteiger partial charge on any atom is -0.337 e. The minimum atomic E-state index is -0.0428. The van der Waals surface area contributed by atoms with Gasteiger partial charge in [0.2, 0.25) is 0 Å². The summed E-state index contributed by atoms with van der Waals surface area (Å²) in [6.45, 7) is 1.26. The number of likely N-dealkylation sites (tertiary alicyclic amines) is 1. The number of hydrogen-bond donors (Lipinski definition) is 0. The summed E-state index contributed by atoms with van der Waals surface area (Å²) in [5, 5.41) is 8.90. The monoisotopic (exact) mass is 293 g/mol. The zero-order valence-corrected chi connectivity index (χ0v) is 10.9. The number of pyridine rings is 1. The lowest BCUT2D eigenvalue weighted by atomic mass is 9.99. The molecule has 1 aromatic heterocycles. The molecule has 1 amide bonds. The van der Waals surface area contributed by atoms with Crippen LogP contribution >= 0.6 is 15.9 Å². The molecule has 17 heavy (non-hydrogen) atoms. The second-order valence-corrected chi connectivity index (χ2v) is 5.03. The number of piperidine rings is 1. The van der Waals surface area contributed by atoms with Gasteiger partial charge in [0.25, 0.3) is 5.91 Å². The van der Waals surface area contributed by atoms with E-state index in [0.29, 0.717) is 12.1 Å². The zero-order valence-electron chi connectivity index (χ0n) is 9.27. The van der Waals surface area contributed by atoms with Gasteiger partial charge >= 0.3 is 0 Å². The maximum absolute atomic E-state index is 12.2. The summed E-state index contributed by atoms with van der Waals surface area (Å²) in [6, 6.07) is 3.99. The molecule has 5 heteroatoms. The van der Waals surface area contributed by atoms with Gasteiger partial charge in [-0.3, -0.25) is 9.78 Å². The third kappa shape index (κ3) is 2.83. The van der Waals surface area contributed by atoms with Gasteiger partial charge in [0.15, 0.2) is 0 Å². The van der Waals surface area contributed by atoms with E-state index < -0.39 is 0 Å². The van der Waals surface area contributed by atoms with Gasteiger partial charge in [-0.2, -0.15) is 5.26 Å². The average Bonchev–Trinajstić information content (AvgIpc) is 2.38. The maximum atomic E-state index is 12.2. The highest BCUT2D eigenvalue weighted by molar-refractivity contribution is 9.10. The molecular formula is C12H12BrN3O. The summed E-state index contributed by atoms with van der Waals surface area (Å²) in [4.78, 5) is 17.9. The Morgan fingerprint density at radius 3 is 3.12 bits per heavy atom. The topological polar surface area (TPSA) is 57.0 Å². The zero-order chi connectivity index (χ0) is 12.3. The van der Waals surface area contributed by atoms with Crippen molar-refractivity contribution in [1.82, 2.24) is 9.88 Å². The van der Waals surface area contributed by atoms with Crippen LogP contribution < -0.4 is 0 Å². The fourth-order valence-electron chi connectivity index (χ4n) is 1.98. The largest absolute Gasteiger partial charge is 0.337 e. The molecule has 1 fully saturated rings. The first-order valence-electron chi connectivity index (χ1n) is 5.50. The van der Waals surface area contributed by atoms with E-state index in [9.17, 15) is 4.79 Å². The molecule has 0 aromatic carbocycles. The van der Waals surface area contributed by atoms with E-state index in [4.69, 9.17) is 5.26 Å². The van der Waals surface area contributed by atoms with Crippen LogP contribution in [0.3, 0.4) is 0 Å². The van der Waals surface area contributed by atoms with E-state index in [1.807, 2.05) is 0 Å². The van der Waals surface area contributed by atoms with E-state index in [0.717, 1.165) is 23.9 Å². The summed E-state index contributed by atoms with van der Waals surface area (Å²) >= 11 is 3.29. The van der Waals surface area contributed by atoms with Crippen molar-refractivity contribution in [3.8, 4) is 6.07 Å². The van der Waals surface area contributed by atoms with Crippen LogP contribution in [0.1, 0.15) is 23.2 Å². The van der Waals surface area contributed by atoms with Gasteiger partial charge in [0, 0.05) is 30.0 Å². The van der Waals surface area contributed by atoms with Crippen LogP contribution in [0.5, 0.6) is 0 Å². The van der Waals surface area contributed by atoms with Crippen molar-refractivity contribution in [3.05, 3.63) is 28.5 Å². The smallest absolute Gasteiger partial charge is 0.255 e. The highest BCUT2D eigenvalue weighted by Gasteiger charge is 2.24. The number of carbonyl (C=O) groups excluding carboxylic acids is 1. The molecule has 1 aromatic rings. The lowest BCUT2D eigenvalue weighted by molar-refractivity contribution is 0.0698. The quantitative estimate of drug-likeness (QED) is 0.798. The first-order valence-corrected chi connectivity index (χ1v) is 6.29. The standard InChI is InChI=1S/C12H12BrN3O/c13-11-4-10(6-15-7-11)12(17)16-3-1-2-9(5-14)8-16/h4,6-7,9H,1-3,8H2. The number of carbonyl (C=O) groups is 1. The maximum Gasteiger partial charge on any atom is 0.255 e. The number of amides is 1. The number of halogens is 1. The van der Waals surface area contributed by atoms with Crippen molar-refractivity contribution in [2.45, 2.75) is 12.8 Å². The number of aromatic nitrogens is 1. The summed E-state index contributed by atoms with van der Waals surface area (Å²) < 4.78 is 0.789. The van der Waals surface area contributed by atoms with E-state index in [1.54, 1.807) is 23.4 Å². The molecule has 1 unspecified atom stereocenters. The van der Waals surface area contributed by atoms with Crippen LogP contribution in [0.2, 0.25) is 0 Å². The van der Waals surface area contributed by atoms with Gasteiger partial charge in [-0.1, -0.05) is 0 Å². The Morgan fingerprint density at radius 2 is 2.41 bits per heavy atom. The second-order valence-electron chi connectivity index (χ2n) is 4.11. The number of nitrogens with zero attached hydrogens (tertiary/aromatic N) is 3. The first kappa shape index (κ1) is 12.1. The molecule has 0 saturated carbocycles. The van der Waals surface area contributed by atoms with Crippen molar-refractivity contribution in [2.75, 3.05) is 13.1 Å². The van der Waals surface area contributed by atoms with Crippen molar-refractivity contribution in [2.24, 2.45) is 5.92 Å². The molecule has 1 aliphatic heterocycles. The van der Waals surface area contributed by atoms with Crippen molar-refractivity contribution in [1.29, 1.82) is 5.26 Å². The van der Waals surface area contributed by atoms with Crippen LogP contribution in [0, 0.1) is 17.2 Å². The molecule has 1 aliphatic rings. The highest BCUT2D eigenvalue weighted by Crippen LogP contribution is 2.18. The fourth-order valence-corrected chi connectivity index (χ4v) is 2.34. The third-order valence-electron chi connectivity index (χ3n) is 2.84. The van der Waals surface area contributed by atoms with Crippen molar-refractivity contribution >= 4 is 21.8 Å². The molecule has 0 radical (unpaired) electrons. The Hall–Kier alpha value is -1.41. The van der Waals surface area contributed by atoms with Crippen molar-refractivity contribution in [3.63, 3.8) is 0 Å². The van der Waals surface area contributed by atoms with Crippen LogP contribution in [0.4, 0.5) is 0 Å². The van der Waals surface area contributed by atoms with E-state index in [-0.39, 0.29) is 11.8 Å². The lowest BCUT2D eigenvalue weighted by Crippen LogP contribution is -2.39. The van der Waals surface area contributed by atoms with Gasteiger partial charge in [-0.25, -0.2) is 0 Å². The Morgan fingerprint density at radius 1 is 1.59 bits per heavy atom. The molecule has 1 saturated heterocycles. The number of nitriles is 1. The number of rotatable bonds is 1. The molecule has 2 rings (SSSR count). The molecular weight excluding hydrogens is 282 g/mol. The Bertz CT molecular complexity index is 469. The molecule has 4 nitrogen and oxygen atoms in total. The van der Waals surface area contributed by atoms with Gasteiger partial charge in [0.05, 0.1) is 17.6 Å². The van der Waals surface area contributed by atoms with E-state index >= 15 is 0 Å². The highest BCUT2D eigenvalue weighted by atomic mass is 79.9. The Kier molecular flexibility index (Phi) is 3.75. The number of hydrogen-bond acceptors (Lipinski definition) is 3. The van der Waals surface area contributed by atoms with Crippen LogP contribution in [-0.4, -0.2) is 28.9 Å². The fraction of sp³-hybridized carbons (Fsp3) is 0.417. The van der Waals surface area contributed by atoms with Gasteiger partial charge in [-0.15, -0.1) is 0 Å². The molecule has 88 valence electrons. The van der Waals surface area contributed by atoms with Gasteiger partial charge in [-0.05, 0) is 34.8 Å². The summed E-state index contributed by atoms with van der Waals surface area (Å²) in [6.07, 6.45) is 4.98. The van der Waals surface area contributed by atoms with Crippen molar-refractivity contribution < 1.29 is 4.79 Å². The van der Waals surface area contributed by atoms with Crippen LogP contribution in [0.25, 0.3) is 0 Å². The summed E-state index contributed by atoms with van der Waals surface area (Å²) in [7, 11) is 0. The van der Waals surface area contributed by atoms with E-state index in [1.165, 1.54) is 0 Å². The molecule has 0 aliphatic carbocycles. The molecule has 2 heterocycles. The summed E-state index contributed by atoms with van der Waals surface area (Å²) in [5.41, 5.74) is 0.568.